The van der Waals surface area contributed by atoms with Crippen molar-refractivity contribution in [3.63, 3.8) is 0 Å². The van der Waals surface area contributed by atoms with Crippen molar-refractivity contribution in [3.05, 3.63) is 34.3 Å². The maximum atomic E-state index is 11.6. The smallest absolute Gasteiger partial charge is 0.222 e. The maximum Gasteiger partial charge on any atom is 0.222 e. The van der Waals surface area contributed by atoms with Crippen LogP contribution >= 0.6 is 15.9 Å². The van der Waals surface area contributed by atoms with Crippen LogP contribution in [0.1, 0.15) is 39.2 Å². The summed E-state index contributed by atoms with van der Waals surface area (Å²) in [6, 6.07) is 8.53. The van der Waals surface area contributed by atoms with Crippen LogP contribution in [0.3, 0.4) is 0 Å². The van der Waals surface area contributed by atoms with E-state index in [4.69, 9.17) is 4.99 Å². The highest BCUT2D eigenvalue weighted by Gasteiger charge is 2.44. The topological polar surface area (TPSA) is 65.5 Å². The predicted octanol–water partition coefficient (Wildman–Crippen LogP) is 2.81. The summed E-state index contributed by atoms with van der Waals surface area (Å²) in [5, 5.41) is 9.47. The molecule has 1 aromatic rings. The SMILES string of the molecule is CCNC(=NCC1(c2cccc(Br)c2)CC1)NCCNC(=O)C(C)C. The van der Waals surface area contributed by atoms with E-state index in [9.17, 15) is 4.79 Å². The molecule has 6 heteroatoms. The molecular formula is C19H29BrN4O. The highest BCUT2D eigenvalue weighted by Crippen LogP contribution is 2.48. The minimum atomic E-state index is 0.0156. The Morgan fingerprint density at radius 2 is 1.96 bits per heavy atom. The summed E-state index contributed by atoms with van der Waals surface area (Å²) in [6.45, 7) is 8.69. The molecule has 1 aromatic carbocycles. The highest BCUT2D eigenvalue weighted by molar-refractivity contribution is 9.10. The van der Waals surface area contributed by atoms with Crippen LogP contribution in [-0.4, -0.2) is 38.0 Å². The van der Waals surface area contributed by atoms with Crippen LogP contribution in [0.4, 0.5) is 0 Å². The molecule has 138 valence electrons. The Morgan fingerprint density at radius 1 is 1.24 bits per heavy atom. The predicted molar refractivity (Wildman–Crippen MR) is 107 cm³/mol. The molecule has 0 atom stereocenters. The molecule has 0 heterocycles. The van der Waals surface area contributed by atoms with Gasteiger partial charge in [0, 0.05) is 35.4 Å². The van der Waals surface area contributed by atoms with Crippen molar-refractivity contribution >= 4 is 27.8 Å². The van der Waals surface area contributed by atoms with Crippen molar-refractivity contribution in [2.75, 3.05) is 26.2 Å². The molecule has 0 spiro atoms. The molecular weight excluding hydrogens is 380 g/mol. The van der Waals surface area contributed by atoms with Crippen molar-refractivity contribution in [2.45, 2.75) is 39.0 Å². The summed E-state index contributed by atoms with van der Waals surface area (Å²) in [5.41, 5.74) is 1.53. The largest absolute Gasteiger partial charge is 0.357 e. The number of rotatable bonds is 8. The van der Waals surface area contributed by atoms with Gasteiger partial charge >= 0.3 is 0 Å². The molecule has 0 aliphatic heterocycles. The summed E-state index contributed by atoms with van der Waals surface area (Å²) in [6.07, 6.45) is 2.35. The van der Waals surface area contributed by atoms with Crippen LogP contribution in [-0.2, 0) is 10.2 Å². The number of halogens is 1. The summed E-state index contributed by atoms with van der Waals surface area (Å²) in [7, 11) is 0. The van der Waals surface area contributed by atoms with Gasteiger partial charge in [-0.2, -0.15) is 0 Å². The van der Waals surface area contributed by atoms with Gasteiger partial charge in [0.15, 0.2) is 5.96 Å². The molecule has 1 saturated carbocycles. The van der Waals surface area contributed by atoms with Crippen molar-refractivity contribution < 1.29 is 4.79 Å². The third kappa shape index (κ3) is 6.03. The number of hydrogen-bond donors (Lipinski definition) is 3. The third-order valence-electron chi connectivity index (χ3n) is 4.42. The number of carbonyl (C=O) groups is 1. The number of nitrogens with zero attached hydrogens (tertiary/aromatic N) is 1. The van der Waals surface area contributed by atoms with E-state index in [0.29, 0.717) is 13.1 Å². The first-order valence-electron chi connectivity index (χ1n) is 9.03. The molecule has 2 rings (SSSR count). The lowest BCUT2D eigenvalue weighted by atomic mass is 9.96. The van der Waals surface area contributed by atoms with E-state index in [2.05, 4.69) is 63.1 Å². The fraction of sp³-hybridized carbons (Fsp3) is 0.579. The molecule has 1 amide bonds. The standard InChI is InChI=1S/C19H29BrN4O/c1-4-21-18(23-11-10-22-17(25)14(2)3)24-13-19(8-9-19)15-6-5-7-16(20)12-15/h5-7,12,14H,4,8-11,13H2,1-3H3,(H,22,25)(H2,21,23,24). The zero-order valence-corrected chi connectivity index (χ0v) is 16.9. The van der Waals surface area contributed by atoms with Crippen LogP contribution in [0.15, 0.2) is 33.7 Å². The monoisotopic (exact) mass is 408 g/mol. The van der Waals surface area contributed by atoms with E-state index in [1.165, 1.54) is 18.4 Å². The fourth-order valence-electron chi connectivity index (χ4n) is 2.65. The van der Waals surface area contributed by atoms with E-state index in [1.807, 2.05) is 13.8 Å². The first-order valence-corrected chi connectivity index (χ1v) is 9.82. The lowest BCUT2D eigenvalue weighted by Gasteiger charge is -2.16. The van der Waals surface area contributed by atoms with E-state index in [-0.39, 0.29) is 17.2 Å². The number of amides is 1. The Labute approximate surface area is 159 Å². The van der Waals surface area contributed by atoms with Gasteiger partial charge in [-0.05, 0) is 37.5 Å². The van der Waals surface area contributed by atoms with Gasteiger partial charge in [0.2, 0.25) is 5.91 Å². The lowest BCUT2D eigenvalue weighted by molar-refractivity contribution is -0.123. The quantitative estimate of drug-likeness (QED) is 0.352. The van der Waals surface area contributed by atoms with Gasteiger partial charge in [0.1, 0.15) is 0 Å². The molecule has 1 fully saturated rings. The Balaban J connectivity index is 1.88. The number of aliphatic imine (C=N–C) groups is 1. The van der Waals surface area contributed by atoms with Crippen LogP contribution < -0.4 is 16.0 Å². The maximum absolute atomic E-state index is 11.6. The second-order valence-corrected chi connectivity index (χ2v) is 7.77. The number of hydrogen-bond acceptors (Lipinski definition) is 2. The zero-order valence-electron chi connectivity index (χ0n) is 15.4. The van der Waals surface area contributed by atoms with Crippen LogP contribution in [0, 0.1) is 5.92 Å². The molecule has 25 heavy (non-hydrogen) atoms. The molecule has 5 nitrogen and oxygen atoms in total. The second-order valence-electron chi connectivity index (χ2n) is 6.86. The lowest BCUT2D eigenvalue weighted by Crippen LogP contribution is -2.42. The number of nitrogens with one attached hydrogen (secondary N) is 3. The average Bonchev–Trinajstić information content (AvgIpc) is 3.37. The van der Waals surface area contributed by atoms with E-state index in [1.54, 1.807) is 0 Å². The van der Waals surface area contributed by atoms with Gasteiger partial charge in [-0.1, -0.05) is 41.9 Å². The van der Waals surface area contributed by atoms with Crippen LogP contribution in [0.25, 0.3) is 0 Å². The summed E-state index contributed by atoms with van der Waals surface area (Å²) in [4.78, 5) is 16.3. The first-order chi connectivity index (χ1) is 12.0. The van der Waals surface area contributed by atoms with Gasteiger partial charge in [-0.15, -0.1) is 0 Å². The van der Waals surface area contributed by atoms with Crippen molar-refractivity contribution in [1.29, 1.82) is 0 Å². The van der Waals surface area contributed by atoms with Gasteiger partial charge in [0.25, 0.3) is 0 Å². The summed E-state index contributed by atoms with van der Waals surface area (Å²) in [5.74, 6) is 0.903. The minimum Gasteiger partial charge on any atom is -0.357 e. The molecule has 1 aliphatic carbocycles. The molecule has 3 N–H and O–H groups in total. The van der Waals surface area contributed by atoms with Gasteiger partial charge < -0.3 is 16.0 Å². The number of benzene rings is 1. The highest BCUT2D eigenvalue weighted by atomic mass is 79.9. The Bertz CT molecular complexity index is 611. The third-order valence-corrected chi connectivity index (χ3v) is 4.91. The fourth-order valence-corrected chi connectivity index (χ4v) is 3.05. The van der Waals surface area contributed by atoms with E-state index >= 15 is 0 Å². The molecule has 1 aliphatic rings. The van der Waals surface area contributed by atoms with Crippen molar-refractivity contribution in [1.82, 2.24) is 16.0 Å². The van der Waals surface area contributed by atoms with E-state index in [0.717, 1.165) is 23.5 Å². The van der Waals surface area contributed by atoms with Gasteiger partial charge in [-0.25, -0.2) is 0 Å². The molecule has 0 unspecified atom stereocenters. The van der Waals surface area contributed by atoms with Crippen molar-refractivity contribution in [2.24, 2.45) is 10.9 Å². The number of carbonyl (C=O) groups excluding carboxylic acids is 1. The molecule has 0 radical (unpaired) electrons. The Kier molecular flexibility index (Phi) is 7.29. The first kappa shape index (κ1) is 19.8. The summed E-state index contributed by atoms with van der Waals surface area (Å²) >= 11 is 3.56. The van der Waals surface area contributed by atoms with Crippen molar-refractivity contribution in [3.8, 4) is 0 Å². The average molecular weight is 409 g/mol. The molecule has 0 saturated heterocycles. The van der Waals surface area contributed by atoms with Crippen LogP contribution in [0.5, 0.6) is 0 Å². The zero-order chi connectivity index (χ0) is 18.3. The van der Waals surface area contributed by atoms with E-state index < -0.39 is 0 Å². The normalized spacial score (nSPS) is 15.8. The minimum absolute atomic E-state index is 0.0156. The number of guanidine groups is 1. The van der Waals surface area contributed by atoms with Crippen LogP contribution in [0.2, 0.25) is 0 Å². The Morgan fingerprint density at radius 3 is 2.56 bits per heavy atom. The molecule has 0 aromatic heterocycles. The summed E-state index contributed by atoms with van der Waals surface area (Å²) < 4.78 is 1.12. The molecule has 0 bridgehead atoms. The Hall–Kier alpha value is -1.56. The van der Waals surface area contributed by atoms with Gasteiger partial charge in [0.05, 0.1) is 6.54 Å². The second kappa shape index (κ2) is 9.22. The van der Waals surface area contributed by atoms with Gasteiger partial charge in [-0.3, -0.25) is 9.79 Å².